The first-order valence-corrected chi connectivity index (χ1v) is 6.47. The lowest BCUT2D eigenvalue weighted by atomic mass is 9.86. The lowest BCUT2D eigenvalue weighted by Gasteiger charge is -2.23. The molecule has 2 rings (SSSR count). The van der Waals surface area contributed by atoms with E-state index in [0.717, 1.165) is 17.9 Å². The summed E-state index contributed by atoms with van der Waals surface area (Å²) in [5, 5.41) is 3.65. The Morgan fingerprint density at radius 2 is 2.00 bits per heavy atom. The summed E-state index contributed by atoms with van der Waals surface area (Å²) < 4.78 is 0. The minimum atomic E-state index is 0.385. The van der Waals surface area contributed by atoms with E-state index < -0.39 is 0 Å². The third-order valence-electron chi connectivity index (χ3n) is 4.27. The maximum absolute atomic E-state index is 3.65. The van der Waals surface area contributed by atoms with Crippen molar-refractivity contribution in [3.05, 3.63) is 0 Å². The first-order valence-electron chi connectivity index (χ1n) is 6.47. The van der Waals surface area contributed by atoms with E-state index in [0.29, 0.717) is 5.54 Å². The van der Waals surface area contributed by atoms with Crippen molar-refractivity contribution in [2.45, 2.75) is 52.1 Å². The van der Waals surface area contributed by atoms with Crippen molar-refractivity contribution in [3.8, 4) is 0 Å². The molecule has 88 valence electrons. The van der Waals surface area contributed by atoms with Gasteiger partial charge in [-0.3, -0.25) is 0 Å². The van der Waals surface area contributed by atoms with Gasteiger partial charge in [0.2, 0.25) is 0 Å². The fraction of sp³-hybridized carbons (Fsp3) is 1.00. The van der Waals surface area contributed by atoms with Gasteiger partial charge in [-0.25, -0.2) is 0 Å². The zero-order chi connectivity index (χ0) is 11.1. The van der Waals surface area contributed by atoms with E-state index in [1.54, 1.807) is 0 Å². The third-order valence-corrected chi connectivity index (χ3v) is 4.27. The normalized spacial score (nSPS) is 36.6. The molecule has 0 aromatic heterocycles. The molecule has 2 heteroatoms. The van der Waals surface area contributed by atoms with Crippen LogP contribution in [0, 0.1) is 11.8 Å². The zero-order valence-electron chi connectivity index (χ0n) is 10.7. The van der Waals surface area contributed by atoms with E-state index in [4.69, 9.17) is 0 Å². The SMILES string of the molecule is CC(C)N1CCC(C2CNC(C)(C)C2)C1. The molecule has 0 amide bonds. The molecule has 0 bridgehead atoms. The largest absolute Gasteiger partial charge is 0.311 e. The highest BCUT2D eigenvalue weighted by Gasteiger charge is 2.38. The van der Waals surface area contributed by atoms with Crippen LogP contribution < -0.4 is 5.32 Å². The molecule has 2 fully saturated rings. The summed E-state index contributed by atoms with van der Waals surface area (Å²) in [6.07, 6.45) is 2.78. The molecule has 2 atom stereocenters. The first-order chi connectivity index (χ1) is 6.98. The number of nitrogens with zero attached hydrogens (tertiary/aromatic N) is 1. The van der Waals surface area contributed by atoms with Gasteiger partial charge in [-0.1, -0.05) is 0 Å². The summed E-state index contributed by atoms with van der Waals surface area (Å²) >= 11 is 0. The van der Waals surface area contributed by atoms with Crippen LogP contribution in [0.15, 0.2) is 0 Å². The third kappa shape index (κ3) is 2.54. The summed E-state index contributed by atoms with van der Waals surface area (Å²) in [6, 6.07) is 0.734. The van der Waals surface area contributed by atoms with Crippen LogP contribution in [-0.4, -0.2) is 36.1 Å². The Bertz CT molecular complexity index is 223. The summed E-state index contributed by atoms with van der Waals surface area (Å²) in [5.41, 5.74) is 0.385. The van der Waals surface area contributed by atoms with Crippen LogP contribution in [0.3, 0.4) is 0 Å². The fourth-order valence-corrected chi connectivity index (χ4v) is 3.21. The minimum Gasteiger partial charge on any atom is -0.311 e. The Morgan fingerprint density at radius 1 is 1.27 bits per heavy atom. The monoisotopic (exact) mass is 210 g/mol. The Hall–Kier alpha value is -0.0800. The van der Waals surface area contributed by atoms with Crippen molar-refractivity contribution >= 4 is 0 Å². The Kier molecular flexibility index (Phi) is 3.09. The highest BCUT2D eigenvalue weighted by atomic mass is 15.2. The molecule has 2 unspecified atom stereocenters. The molecule has 2 aliphatic rings. The molecular formula is C13H26N2. The smallest absolute Gasteiger partial charge is 0.0128 e. The van der Waals surface area contributed by atoms with Gasteiger partial charge in [-0.15, -0.1) is 0 Å². The molecular weight excluding hydrogens is 184 g/mol. The Morgan fingerprint density at radius 3 is 2.47 bits per heavy atom. The fourth-order valence-electron chi connectivity index (χ4n) is 3.21. The molecule has 0 saturated carbocycles. The summed E-state index contributed by atoms with van der Waals surface area (Å²) in [4.78, 5) is 2.63. The molecule has 0 aliphatic carbocycles. The molecule has 15 heavy (non-hydrogen) atoms. The summed E-state index contributed by atoms with van der Waals surface area (Å²) in [7, 11) is 0. The highest BCUT2D eigenvalue weighted by Crippen LogP contribution is 2.34. The number of rotatable bonds is 2. The van der Waals surface area contributed by atoms with Gasteiger partial charge < -0.3 is 10.2 Å². The predicted octanol–water partition coefficient (Wildman–Crippen LogP) is 2.10. The zero-order valence-corrected chi connectivity index (χ0v) is 10.7. The molecule has 2 saturated heterocycles. The van der Waals surface area contributed by atoms with Gasteiger partial charge in [-0.05, 0) is 65.5 Å². The lowest BCUT2D eigenvalue weighted by molar-refractivity contribution is 0.247. The lowest BCUT2D eigenvalue weighted by Crippen LogP contribution is -2.31. The second kappa shape index (κ2) is 4.06. The molecule has 0 radical (unpaired) electrons. The summed E-state index contributed by atoms with van der Waals surface area (Å²) in [6.45, 7) is 13.2. The minimum absolute atomic E-state index is 0.385. The second-order valence-electron chi connectivity index (χ2n) is 6.37. The molecule has 0 spiro atoms. The number of nitrogens with one attached hydrogen (secondary N) is 1. The first kappa shape index (κ1) is 11.4. The van der Waals surface area contributed by atoms with Crippen molar-refractivity contribution in [3.63, 3.8) is 0 Å². The molecule has 2 nitrogen and oxygen atoms in total. The van der Waals surface area contributed by atoms with Gasteiger partial charge in [0.25, 0.3) is 0 Å². The van der Waals surface area contributed by atoms with Crippen LogP contribution in [0.1, 0.15) is 40.5 Å². The van der Waals surface area contributed by atoms with Crippen LogP contribution in [0.2, 0.25) is 0 Å². The molecule has 1 N–H and O–H groups in total. The predicted molar refractivity (Wildman–Crippen MR) is 65.0 cm³/mol. The van der Waals surface area contributed by atoms with Gasteiger partial charge >= 0.3 is 0 Å². The van der Waals surface area contributed by atoms with Gasteiger partial charge in [0, 0.05) is 18.1 Å². The van der Waals surface area contributed by atoms with Crippen LogP contribution in [0.4, 0.5) is 0 Å². The van der Waals surface area contributed by atoms with Crippen LogP contribution in [0.25, 0.3) is 0 Å². The average molecular weight is 210 g/mol. The topological polar surface area (TPSA) is 15.3 Å². The van der Waals surface area contributed by atoms with E-state index in [-0.39, 0.29) is 0 Å². The van der Waals surface area contributed by atoms with Gasteiger partial charge in [0.1, 0.15) is 0 Å². The molecule has 2 heterocycles. The number of hydrogen-bond donors (Lipinski definition) is 1. The highest BCUT2D eigenvalue weighted by molar-refractivity contribution is 4.94. The van der Waals surface area contributed by atoms with E-state index in [1.807, 2.05) is 0 Å². The van der Waals surface area contributed by atoms with Crippen LogP contribution in [0.5, 0.6) is 0 Å². The van der Waals surface area contributed by atoms with E-state index in [9.17, 15) is 0 Å². The van der Waals surface area contributed by atoms with Crippen molar-refractivity contribution in [1.29, 1.82) is 0 Å². The van der Waals surface area contributed by atoms with Gasteiger partial charge in [0.15, 0.2) is 0 Å². The van der Waals surface area contributed by atoms with Crippen LogP contribution in [-0.2, 0) is 0 Å². The quantitative estimate of drug-likeness (QED) is 0.751. The number of hydrogen-bond acceptors (Lipinski definition) is 2. The van der Waals surface area contributed by atoms with Crippen molar-refractivity contribution in [1.82, 2.24) is 10.2 Å². The maximum Gasteiger partial charge on any atom is 0.0128 e. The van der Waals surface area contributed by atoms with Gasteiger partial charge in [0.05, 0.1) is 0 Å². The van der Waals surface area contributed by atoms with E-state index in [2.05, 4.69) is 37.9 Å². The van der Waals surface area contributed by atoms with E-state index in [1.165, 1.54) is 32.5 Å². The van der Waals surface area contributed by atoms with Crippen LogP contribution >= 0.6 is 0 Å². The van der Waals surface area contributed by atoms with Crippen molar-refractivity contribution < 1.29 is 0 Å². The second-order valence-corrected chi connectivity index (χ2v) is 6.37. The Labute approximate surface area is 94.4 Å². The van der Waals surface area contributed by atoms with E-state index >= 15 is 0 Å². The molecule has 0 aromatic carbocycles. The van der Waals surface area contributed by atoms with Crippen molar-refractivity contribution in [2.24, 2.45) is 11.8 Å². The average Bonchev–Trinajstić information content (AvgIpc) is 2.70. The molecule has 0 aromatic rings. The molecule has 2 aliphatic heterocycles. The maximum atomic E-state index is 3.65. The Balaban J connectivity index is 1.87. The van der Waals surface area contributed by atoms with Crippen molar-refractivity contribution in [2.75, 3.05) is 19.6 Å². The summed E-state index contributed by atoms with van der Waals surface area (Å²) in [5.74, 6) is 1.87. The number of likely N-dealkylation sites (tertiary alicyclic amines) is 1. The standard InChI is InChI=1S/C13H26N2/c1-10(2)15-6-5-11(9-15)12-7-13(3,4)14-8-12/h10-12,14H,5-9H2,1-4H3. The van der Waals surface area contributed by atoms with Gasteiger partial charge in [-0.2, -0.15) is 0 Å².